The molecule has 0 aromatic carbocycles. The second kappa shape index (κ2) is 4.28. The molecule has 0 radical (unpaired) electrons. The minimum atomic E-state index is -4.24. The summed E-state index contributed by atoms with van der Waals surface area (Å²) >= 11 is 0. The van der Waals surface area contributed by atoms with Crippen molar-refractivity contribution in [3.8, 4) is 0 Å². The summed E-state index contributed by atoms with van der Waals surface area (Å²) in [6, 6.07) is 0. The van der Waals surface area contributed by atoms with Crippen LogP contribution in [0.2, 0.25) is 0 Å². The van der Waals surface area contributed by atoms with Gasteiger partial charge in [-0.1, -0.05) is 0 Å². The molecule has 1 fully saturated rings. The van der Waals surface area contributed by atoms with Crippen molar-refractivity contribution < 1.29 is 17.9 Å². The Morgan fingerprint density at radius 2 is 2.15 bits per heavy atom. The third-order valence-electron chi connectivity index (χ3n) is 2.11. The average Bonchev–Trinajstić information content (AvgIpc) is 2.04. The van der Waals surface area contributed by atoms with Crippen LogP contribution >= 0.6 is 0 Å². The number of ether oxygens (including phenoxy) is 1. The van der Waals surface area contributed by atoms with Gasteiger partial charge in [-0.3, -0.25) is 0 Å². The maximum atomic E-state index is 12.1. The molecule has 1 aliphatic rings. The van der Waals surface area contributed by atoms with E-state index < -0.39 is 12.3 Å². The summed E-state index contributed by atoms with van der Waals surface area (Å²) in [5.74, 6) is 0. The molecular weight excluding hydrogens is 183 g/mol. The second-order valence-corrected chi connectivity index (χ2v) is 3.29. The first-order chi connectivity index (χ1) is 6.00. The molecule has 1 aliphatic heterocycles. The van der Waals surface area contributed by atoms with Crippen LogP contribution < -0.4 is 5.32 Å². The van der Waals surface area contributed by atoms with Crippen LogP contribution in [0, 0.1) is 0 Å². The first-order valence-corrected chi connectivity index (χ1v) is 4.43. The zero-order valence-corrected chi connectivity index (χ0v) is 7.53. The van der Waals surface area contributed by atoms with E-state index in [1.807, 2.05) is 0 Å². The summed E-state index contributed by atoms with van der Waals surface area (Å²) in [6.45, 7) is 2.45. The molecule has 0 aromatic rings. The van der Waals surface area contributed by atoms with Crippen LogP contribution in [0.25, 0.3) is 0 Å². The van der Waals surface area contributed by atoms with Crippen molar-refractivity contribution in [3.05, 3.63) is 0 Å². The van der Waals surface area contributed by atoms with E-state index in [0.29, 0.717) is 13.0 Å². The van der Waals surface area contributed by atoms with Gasteiger partial charge in [0, 0.05) is 6.54 Å². The summed E-state index contributed by atoms with van der Waals surface area (Å²) < 4.78 is 41.0. The molecule has 0 amide bonds. The van der Waals surface area contributed by atoms with Crippen molar-refractivity contribution in [2.24, 2.45) is 0 Å². The Labute approximate surface area is 75.4 Å². The SMILES string of the molecule is CC(O[C@H]1CCCNC1)C(F)(F)F. The molecule has 0 saturated carbocycles. The van der Waals surface area contributed by atoms with E-state index in [0.717, 1.165) is 19.9 Å². The highest BCUT2D eigenvalue weighted by atomic mass is 19.4. The van der Waals surface area contributed by atoms with Crippen LogP contribution in [-0.2, 0) is 4.74 Å². The number of alkyl halides is 3. The van der Waals surface area contributed by atoms with Gasteiger partial charge in [0.2, 0.25) is 0 Å². The Balaban J connectivity index is 2.30. The topological polar surface area (TPSA) is 21.3 Å². The zero-order chi connectivity index (χ0) is 9.90. The molecule has 1 unspecified atom stereocenters. The summed E-state index contributed by atoms with van der Waals surface area (Å²) in [5, 5.41) is 3.00. The van der Waals surface area contributed by atoms with Gasteiger partial charge in [0.05, 0.1) is 6.10 Å². The fourth-order valence-corrected chi connectivity index (χ4v) is 1.30. The summed E-state index contributed by atoms with van der Waals surface area (Å²) in [6.07, 6.45) is -4.58. The quantitative estimate of drug-likeness (QED) is 0.727. The molecule has 5 heteroatoms. The van der Waals surface area contributed by atoms with Crippen molar-refractivity contribution in [3.63, 3.8) is 0 Å². The molecule has 1 N–H and O–H groups in total. The molecule has 1 saturated heterocycles. The maximum absolute atomic E-state index is 12.1. The predicted molar refractivity (Wildman–Crippen MR) is 42.5 cm³/mol. The van der Waals surface area contributed by atoms with E-state index in [9.17, 15) is 13.2 Å². The Kier molecular flexibility index (Phi) is 3.55. The summed E-state index contributed by atoms with van der Waals surface area (Å²) in [5.41, 5.74) is 0. The minimum absolute atomic E-state index is 0.287. The van der Waals surface area contributed by atoms with Gasteiger partial charge in [0.15, 0.2) is 6.10 Å². The molecule has 0 aliphatic carbocycles. The Hall–Kier alpha value is -0.290. The number of hydrogen-bond donors (Lipinski definition) is 1. The fraction of sp³-hybridized carbons (Fsp3) is 1.00. The Morgan fingerprint density at radius 1 is 1.46 bits per heavy atom. The highest BCUT2D eigenvalue weighted by Gasteiger charge is 2.38. The smallest absolute Gasteiger partial charge is 0.365 e. The van der Waals surface area contributed by atoms with Crippen LogP contribution in [0.1, 0.15) is 19.8 Å². The first kappa shape index (κ1) is 10.8. The molecule has 1 rings (SSSR count). The van der Waals surface area contributed by atoms with Gasteiger partial charge in [0.1, 0.15) is 0 Å². The number of halogens is 3. The average molecular weight is 197 g/mol. The monoisotopic (exact) mass is 197 g/mol. The van der Waals surface area contributed by atoms with E-state index in [4.69, 9.17) is 4.74 Å². The molecule has 0 spiro atoms. The molecule has 2 atom stereocenters. The van der Waals surface area contributed by atoms with Gasteiger partial charge in [-0.25, -0.2) is 0 Å². The van der Waals surface area contributed by atoms with Crippen LogP contribution in [0.4, 0.5) is 13.2 Å². The van der Waals surface area contributed by atoms with Crippen molar-refractivity contribution in [2.75, 3.05) is 13.1 Å². The lowest BCUT2D eigenvalue weighted by molar-refractivity contribution is -0.227. The third kappa shape index (κ3) is 3.52. The molecular formula is C8H14F3NO. The van der Waals surface area contributed by atoms with E-state index in [2.05, 4.69) is 5.32 Å². The molecule has 2 nitrogen and oxygen atoms in total. The summed E-state index contributed by atoms with van der Waals surface area (Å²) in [7, 11) is 0. The van der Waals surface area contributed by atoms with Crippen molar-refractivity contribution in [1.82, 2.24) is 5.32 Å². The number of nitrogens with one attached hydrogen (secondary N) is 1. The van der Waals surface area contributed by atoms with Gasteiger partial charge in [0.25, 0.3) is 0 Å². The van der Waals surface area contributed by atoms with Crippen molar-refractivity contribution >= 4 is 0 Å². The maximum Gasteiger partial charge on any atom is 0.414 e. The molecule has 1 heterocycles. The number of rotatable bonds is 2. The van der Waals surface area contributed by atoms with Crippen LogP contribution in [-0.4, -0.2) is 31.5 Å². The normalized spacial score (nSPS) is 27.2. The van der Waals surface area contributed by atoms with Gasteiger partial charge in [-0.2, -0.15) is 13.2 Å². The molecule has 0 bridgehead atoms. The fourth-order valence-electron chi connectivity index (χ4n) is 1.30. The number of hydrogen-bond acceptors (Lipinski definition) is 2. The van der Waals surface area contributed by atoms with Gasteiger partial charge in [-0.05, 0) is 26.3 Å². The minimum Gasteiger partial charge on any atom is -0.365 e. The zero-order valence-electron chi connectivity index (χ0n) is 7.53. The third-order valence-corrected chi connectivity index (χ3v) is 2.11. The Bertz CT molecular complexity index is 154. The molecule has 78 valence electrons. The van der Waals surface area contributed by atoms with E-state index in [1.54, 1.807) is 0 Å². The van der Waals surface area contributed by atoms with E-state index in [-0.39, 0.29) is 6.10 Å². The van der Waals surface area contributed by atoms with Crippen molar-refractivity contribution in [1.29, 1.82) is 0 Å². The van der Waals surface area contributed by atoms with Crippen LogP contribution in [0.3, 0.4) is 0 Å². The molecule has 13 heavy (non-hydrogen) atoms. The van der Waals surface area contributed by atoms with Gasteiger partial charge < -0.3 is 10.1 Å². The van der Waals surface area contributed by atoms with Gasteiger partial charge in [-0.15, -0.1) is 0 Å². The highest BCUT2D eigenvalue weighted by Crippen LogP contribution is 2.24. The molecule has 0 aromatic heterocycles. The largest absolute Gasteiger partial charge is 0.414 e. The van der Waals surface area contributed by atoms with Gasteiger partial charge >= 0.3 is 6.18 Å². The van der Waals surface area contributed by atoms with E-state index >= 15 is 0 Å². The van der Waals surface area contributed by atoms with Crippen molar-refractivity contribution in [2.45, 2.75) is 38.1 Å². The second-order valence-electron chi connectivity index (χ2n) is 3.29. The number of piperidine rings is 1. The Morgan fingerprint density at radius 3 is 2.62 bits per heavy atom. The first-order valence-electron chi connectivity index (χ1n) is 4.43. The summed E-state index contributed by atoms with van der Waals surface area (Å²) in [4.78, 5) is 0. The lowest BCUT2D eigenvalue weighted by Gasteiger charge is -2.27. The standard InChI is InChI=1S/C8H14F3NO/c1-6(8(9,10)11)13-7-3-2-4-12-5-7/h6-7,12H,2-5H2,1H3/t6?,7-/m0/s1. The van der Waals surface area contributed by atoms with E-state index in [1.165, 1.54) is 0 Å². The predicted octanol–water partition coefficient (Wildman–Crippen LogP) is 1.71. The van der Waals surface area contributed by atoms with Crippen LogP contribution in [0.15, 0.2) is 0 Å². The highest BCUT2D eigenvalue weighted by molar-refractivity contribution is 4.72. The lowest BCUT2D eigenvalue weighted by atomic mass is 10.1. The van der Waals surface area contributed by atoms with Crippen LogP contribution in [0.5, 0.6) is 0 Å². The lowest BCUT2D eigenvalue weighted by Crippen LogP contribution is -2.40.